The van der Waals surface area contributed by atoms with Crippen molar-refractivity contribution in [2.75, 3.05) is 12.3 Å². The van der Waals surface area contributed by atoms with Crippen LogP contribution in [0.5, 0.6) is 0 Å². The van der Waals surface area contributed by atoms with Crippen molar-refractivity contribution in [3.05, 3.63) is 11.8 Å². The van der Waals surface area contributed by atoms with Crippen LogP contribution in [0.2, 0.25) is 0 Å². The number of nitrogens with two attached hydrogens (primary N) is 1. The molecular formula is C12H19N3O4. The zero-order valence-electron chi connectivity index (χ0n) is 11.6. The van der Waals surface area contributed by atoms with E-state index < -0.39 is 17.5 Å². The molecule has 0 aromatic carbocycles. The summed E-state index contributed by atoms with van der Waals surface area (Å²) in [4.78, 5) is 23.2. The molecule has 0 bridgehead atoms. The number of hydrogen-bond donors (Lipinski definition) is 1. The molecule has 0 aliphatic rings. The van der Waals surface area contributed by atoms with Gasteiger partial charge in [0.25, 0.3) is 0 Å². The Labute approximate surface area is 111 Å². The summed E-state index contributed by atoms with van der Waals surface area (Å²) in [6.07, 6.45) is 1.28. The van der Waals surface area contributed by atoms with Gasteiger partial charge in [-0.3, -0.25) is 4.79 Å². The number of carbonyl (C=O) groups is 2. The van der Waals surface area contributed by atoms with Crippen LogP contribution in [0, 0.1) is 0 Å². The van der Waals surface area contributed by atoms with Crippen molar-refractivity contribution in [1.29, 1.82) is 0 Å². The second-order valence-electron chi connectivity index (χ2n) is 4.91. The van der Waals surface area contributed by atoms with Gasteiger partial charge in [-0.05, 0) is 27.7 Å². The Balaban J connectivity index is 2.76. The average molecular weight is 269 g/mol. The van der Waals surface area contributed by atoms with E-state index in [1.807, 2.05) is 0 Å². The van der Waals surface area contributed by atoms with Crippen LogP contribution in [0.25, 0.3) is 0 Å². The molecule has 1 heterocycles. The van der Waals surface area contributed by atoms with Gasteiger partial charge in [-0.25, -0.2) is 9.48 Å². The average Bonchev–Trinajstić information content (AvgIpc) is 2.58. The largest absolute Gasteiger partial charge is 0.462 e. The fourth-order valence-corrected chi connectivity index (χ4v) is 1.38. The van der Waals surface area contributed by atoms with Gasteiger partial charge in [0.05, 0.1) is 12.8 Å². The summed E-state index contributed by atoms with van der Waals surface area (Å²) >= 11 is 0. The highest BCUT2D eigenvalue weighted by atomic mass is 16.6. The second kappa shape index (κ2) is 5.73. The minimum absolute atomic E-state index is 0.0873. The summed E-state index contributed by atoms with van der Waals surface area (Å²) in [5.74, 6) is -0.947. The third-order valence-electron chi connectivity index (χ3n) is 2.07. The van der Waals surface area contributed by atoms with Crippen LogP contribution in [0.3, 0.4) is 0 Å². The van der Waals surface area contributed by atoms with E-state index in [9.17, 15) is 9.59 Å². The second-order valence-corrected chi connectivity index (χ2v) is 4.91. The Morgan fingerprint density at radius 3 is 2.58 bits per heavy atom. The van der Waals surface area contributed by atoms with Crippen molar-refractivity contribution in [3.63, 3.8) is 0 Å². The Bertz CT molecular complexity index is 474. The Morgan fingerprint density at radius 1 is 1.42 bits per heavy atom. The van der Waals surface area contributed by atoms with Gasteiger partial charge >= 0.3 is 11.9 Å². The first-order valence-corrected chi connectivity index (χ1v) is 5.95. The molecule has 0 fully saturated rings. The molecule has 1 aromatic heterocycles. The van der Waals surface area contributed by atoms with Crippen molar-refractivity contribution < 1.29 is 19.1 Å². The van der Waals surface area contributed by atoms with Crippen LogP contribution >= 0.6 is 0 Å². The lowest BCUT2D eigenvalue weighted by atomic mass is 10.2. The van der Waals surface area contributed by atoms with Gasteiger partial charge < -0.3 is 15.2 Å². The summed E-state index contributed by atoms with van der Waals surface area (Å²) in [5.41, 5.74) is 5.30. The summed E-state index contributed by atoms with van der Waals surface area (Å²) in [5, 5.41) is 3.88. The smallest absolute Gasteiger partial charge is 0.343 e. The fourth-order valence-electron chi connectivity index (χ4n) is 1.38. The first-order valence-electron chi connectivity index (χ1n) is 5.95. The molecule has 7 nitrogen and oxygen atoms in total. The van der Waals surface area contributed by atoms with E-state index in [0.29, 0.717) is 0 Å². The molecule has 0 saturated heterocycles. The number of nitrogens with zero attached hydrogens (tertiary/aromatic N) is 2. The topological polar surface area (TPSA) is 96.4 Å². The predicted octanol–water partition coefficient (Wildman–Crippen LogP) is 0.984. The molecule has 0 aliphatic carbocycles. The van der Waals surface area contributed by atoms with Gasteiger partial charge in [-0.1, -0.05) is 0 Å². The highest BCUT2D eigenvalue weighted by Gasteiger charge is 2.20. The van der Waals surface area contributed by atoms with Crippen LogP contribution in [-0.2, 0) is 20.8 Å². The standard InChI is InChI=1S/C12H19N3O4/c1-5-18-11(17)8-6-14-15(10(8)13)7-9(16)19-12(2,3)4/h6H,5,7,13H2,1-4H3. The number of esters is 2. The summed E-state index contributed by atoms with van der Waals surface area (Å²) in [6, 6.07) is 0. The van der Waals surface area contributed by atoms with Crippen molar-refractivity contribution in [1.82, 2.24) is 9.78 Å². The molecule has 19 heavy (non-hydrogen) atoms. The van der Waals surface area contributed by atoms with E-state index >= 15 is 0 Å². The van der Waals surface area contributed by atoms with Crippen LogP contribution in [-0.4, -0.2) is 33.9 Å². The molecule has 0 spiro atoms. The Morgan fingerprint density at radius 2 is 2.05 bits per heavy atom. The zero-order chi connectivity index (χ0) is 14.6. The molecule has 0 unspecified atom stereocenters. The van der Waals surface area contributed by atoms with Gasteiger partial charge in [0, 0.05) is 0 Å². The lowest BCUT2D eigenvalue weighted by Crippen LogP contribution is -2.27. The number of aromatic nitrogens is 2. The van der Waals surface area contributed by atoms with Crippen LogP contribution in [0.4, 0.5) is 5.82 Å². The predicted molar refractivity (Wildman–Crippen MR) is 68.4 cm³/mol. The highest BCUT2D eigenvalue weighted by molar-refractivity contribution is 5.94. The molecule has 0 aliphatic heterocycles. The van der Waals surface area contributed by atoms with Gasteiger partial charge in [0.1, 0.15) is 23.5 Å². The first-order chi connectivity index (χ1) is 8.74. The van der Waals surface area contributed by atoms with Crippen LogP contribution in [0.1, 0.15) is 38.1 Å². The molecule has 106 valence electrons. The number of hydrogen-bond acceptors (Lipinski definition) is 6. The minimum Gasteiger partial charge on any atom is -0.462 e. The molecular weight excluding hydrogens is 250 g/mol. The molecule has 0 saturated carbocycles. The summed E-state index contributed by atoms with van der Waals surface area (Å²) < 4.78 is 11.2. The van der Waals surface area contributed by atoms with E-state index in [1.165, 1.54) is 10.9 Å². The lowest BCUT2D eigenvalue weighted by Gasteiger charge is -2.19. The Kier molecular flexibility index (Phi) is 4.52. The SMILES string of the molecule is CCOC(=O)c1cnn(CC(=O)OC(C)(C)C)c1N. The van der Waals surface area contributed by atoms with Crippen molar-refractivity contribution in [2.24, 2.45) is 0 Å². The number of ether oxygens (including phenoxy) is 2. The molecule has 1 aromatic rings. The van der Waals surface area contributed by atoms with Gasteiger partial charge in [0.15, 0.2) is 0 Å². The van der Waals surface area contributed by atoms with E-state index in [1.54, 1.807) is 27.7 Å². The normalized spacial score (nSPS) is 11.2. The quantitative estimate of drug-likeness (QED) is 0.818. The third kappa shape index (κ3) is 4.27. The number of carbonyl (C=O) groups excluding carboxylic acids is 2. The lowest BCUT2D eigenvalue weighted by molar-refractivity contribution is -0.155. The maximum Gasteiger partial charge on any atom is 0.343 e. The summed E-state index contributed by atoms with van der Waals surface area (Å²) in [7, 11) is 0. The van der Waals surface area contributed by atoms with E-state index in [2.05, 4.69) is 5.10 Å². The first kappa shape index (κ1) is 15.0. The molecule has 1 rings (SSSR count). The molecule has 2 N–H and O–H groups in total. The number of anilines is 1. The summed E-state index contributed by atoms with van der Waals surface area (Å²) in [6.45, 7) is 7.08. The van der Waals surface area contributed by atoms with Crippen LogP contribution < -0.4 is 5.73 Å². The van der Waals surface area contributed by atoms with E-state index in [4.69, 9.17) is 15.2 Å². The maximum absolute atomic E-state index is 11.6. The molecule has 0 atom stereocenters. The fraction of sp³-hybridized carbons (Fsp3) is 0.583. The van der Waals surface area contributed by atoms with Crippen LogP contribution in [0.15, 0.2) is 6.20 Å². The monoisotopic (exact) mass is 269 g/mol. The van der Waals surface area contributed by atoms with Gasteiger partial charge in [-0.15, -0.1) is 0 Å². The molecule has 7 heteroatoms. The van der Waals surface area contributed by atoms with Crippen molar-refractivity contribution in [3.8, 4) is 0 Å². The number of rotatable bonds is 4. The highest BCUT2D eigenvalue weighted by Crippen LogP contribution is 2.14. The molecule has 0 radical (unpaired) electrons. The van der Waals surface area contributed by atoms with E-state index in [-0.39, 0.29) is 24.5 Å². The third-order valence-corrected chi connectivity index (χ3v) is 2.07. The maximum atomic E-state index is 11.6. The van der Waals surface area contributed by atoms with Crippen molar-refractivity contribution in [2.45, 2.75) is 39.8 Å². The minimum atomic E-state index is -0.580. The van der Waals surface area contributed by atoms with Gasteiger partial charge in [0.2, 0.25) is 0 Å². The number of nitrogen functional groups attached to an aromatic ring is 1. The molecule has 0 amide bonds. The van der Waals surface area contributed by atoms with E-state index in [0.717, 1.165) is 0 Å². The Hall–Kier alpha value is -2.05. The zero-order valence-corrected chi connectivity index (χ0v) is 11.6. The van der Waals surface area contributed by atoms with Crippen molar-refractivity contribution >= 4 is 17.8 Å². The van der Waals surface area contributed by atoms with Gasteiger partial charge in [-0.2, -0.15) is 5.10 Å².